The molecule has 2 rings (SSSR count). The highest BCUT2D eigenvalue weighted by Crippen LogP contribution is 2.29. The number of nitrogens with one attached hydrogen (secondary N) is 1. The van der Waals surface area contributed by atoms with Gasteiger partial charge in [-0.3, -0.25) is 0 Å². The Kier molecular flexibility index (Phi) is 6.93. The number of aliphatic hydroxyl groups is 2. The molecule has 10 nitrogen and oxygen atoms in total. The molecule has 1 aromatic rings. The first-order chi connectivity index (χ1) is 12.8. The Labute approximate surface area is 151 Å². The second-order valence-electron chi connectivity index (χ2n) is 5.49. The van der Waals surface area contributed by atoms with Crippen molar-refractivity contribution >= 4 is 5.95 Å². The SMILES string of the molecule is C=CCO[C@H]1O[C@H](CN=[N+]=[N-])[C@H](O)[C@H](O)[C@H]1Nc1nccc(C(F)(F)F)n1. The van der Waals surface area contributed by atoms with Gasteiger partial charge >= 0.3 is 6.18 Å². The van der Waals surface area contributed by atoms with Crippen LogP contribution in [0.4, 0.5) is 19.1 Å². The molecule has 1 aromatic heterocycles. The van der Waals surface area contributed by atoms with Gasteiger partial charge in [-0.25, -0.2) is 9.97 Å². The Morgan fingerprint density at radius 1 is 1.44 bits per heavy atom. The number of rotatable bonds is 7. The minimum Gasteiger partial charge on any atom is -0.388 e. The molecule has 5 atom stereocenters. The molecule has 3 N–H and O–H groups in total. The molecule has 0 aromatic carbocycles. The van der Waals surface area contributed by atoms with Gasteiger partial charge in [0.1, 0.15) is 23.9 Å². The first kappa shape index (κ1) is 20.9. The lowest BCUT2D eigenvalue weighted by Gasteiger charge is -2.42. The third kappa shape index (κ3) is 5.28. The molecule has 0 radical (unpaired) electrons. The smallest absolute Gasteiger partial charge is 0.388 e. The van der Waals surface area contributed by atoms with Crippen LogP contribution in [-0.4, -0.2) is 64.0 Å². The number of aromatic nitrogens is 2. The molecule has 1 aliphatic rings. The number of nitrogens with zero attached hydrogens (tertiary/aromatic N) is 5. The first-order valence-corrected chi connectivity index (χ1v) is 7.69. The highest BCUT2D eigenvalue weighted by atomic mass is 19.4. The van der Waals surface area contributed by atoms with Crippen molar-refractivity contribution in [1.29, 1.82) is 0 Å². The van der Waals surface area contributed by atoms with Crippen molar-refractivity contribution in [2.75, 3.05) is 18.5 Å². The van der Waals surface area contributed by atoms with Crippen LogP contribution in [0.25, 0.3) is 10.4 Å². The number of aliphatic hydroxyl groups excluding tert-OH is 2. The molecule has 1 saturated heterocycles. The molecule has 0 amide bonds. The molecule has 0 unspecified atom stereocenters. The predicted molar refractivity (Wildman–Crippen MR) is 85.3 cm³/mol. The molecule has 148 valence electrons. The lowest BCUT2D eigenvalue weighted by molar-refractivity contribution is -0.250. The van der Waals surface area contributed by atoms with Gasteiger partial charge in [-0.05, 0) is 11.6 Å². The summed E-state index contributed by atoms with van der Waals surface area (Å²) in [6.45, 7) is 3.17. The number of hydrogen-bond acceptors (Lipinski definition) is 8. The number of hydrogen-bond donors (Lipinski definition) is 3. The van der Waals surface area contributed by atoms with Gasteiger partial charge < -0.3 is 25.0 Å². The highest BCUT2D eigenvalue weighted by Gasteiger charge is 2.45. The predicted octanol–water partition coefficient (Wildman–Crippen LogP) is 1.24. The molecule has 13 heteroatoms. The zero-order valence-corrected chi connectivity index (χ0v) is 13.8. The Morgan fingerprint density at radius 2 is 2.19 bits per heavy atom. The third-order valence-electron chi connectivity index (χ3n) is 3.65. The van der Waals surface area contributed by atoms with E-state index in [1.54, 1.807) is 0 Å². The van der Waals surface area contributed by atoms with Gasteiger partial charge in [-0.2, -0.15) is 13.2 Å². The van der Waals surface area contributed by atoms with Crippen LogP contribution in [0.3, 0.4) is 0 Å². The summed E-state index contributed by atoms with van der Waals surface area (Å²) >= 11 is 0. The number of azide groups is 1. The van der Waals surface area contributed by atoms with Crippen molar-refractivity contribution in [3.8, 4) is 0 Å². The summed E-state index contributed by atoms with van der Waals surface area (Å²) < 4.78 is 49.2. The van der Waals surface area contributed by atoms with Gasteiger partial charge in [-0.15, -0.1) is 6.58 Å². The summed E-state index contributed by atoms with van der Waals surface area (Å²) in [5.41, 5.74) is 7.20. The Morgan fingerprint density at radius 3 is 2.81 bits per heavy atom. The van der Waals surface area contributed by atoms with Gasteiger partial charge in [0.25, 0.3) is 0 Å². The maximum absolute atomic E-state index is 12.8. The van der Waals surface area contributed by atoms with Crippen LogP contribution in [0.15, 0.2) is 30.0 Å². The highest BCUT2D eigenvalue weighted by molar-refractivity contribution is 5.29. The van der Waals surface area contributed by atoms with Crippen molar-refractivity contribution in [3.63, 3.8) is 0 Å². The van der Waals surface area contributed by atoms with E-state index < -0.39 is 48.5 Å². The molecule has 27 heavy (non-hydrogen) atoms. The number of halogens is 3. The van der Waals surface area contributed by atoms with Crippen LogP contribution in [0.1, 0.15) is 5.69 Å². The van der Waals surface area contributed by atoms with E-state index in [2.05, 4.69) is 31.9 Å². The van der Waals surface area contributed by atoms with Crippen LogP contribution in [-0.2, 0) is 15.7 Å². The number of anilines is 1. The summed E-state index contributed by atoms with van der Waals surface area (Å²) in [7, 11) is 0. The molecule has 0 saturated carbocycles. The standard InChI is InChI=1S/C14H17F3N6O4/c1-2-5-26-12-9(11(25)10(24)7(27-12)6-20-23-18)22-13-19-4-3-8(21-13)14(15,16)17/h2-4,7,9-12,24-25H,1,5-6H2,(H,19,21,22)/t7-,9-,10+,11-,12+/m1/s1. The van der Waals surface area contributed by atoms with E-state index in [0.29, 0.717) is 6.07 Å². The van der Waals surface area contributed by atoms with Crippen LogP contribution in [0, 0.1) is 0 Å². The third-order valence-corrected chi connectivity index (χ3v) is 3.65. The van der Waals surface area contributed by atoms with Crippen molar-refractivity contribution < 1.29 is 32.9 Å². The molecule has 1 aliphatic heterocycles. The zero-order chi connectivity index (χ0) is 20.0. The van der Waals surface area contributed by atoms with Crippen LogP contribution in [0.2, 0.25) is 0 Å². The molecule has 1 fully saturated rings. The largest absolute Gasteiger partial charge is 0.433 e. The van der Waals surface area contributed by atoms with Crippen LogP contribution < -0.4 is 5.32 Å². The van der Waals surface area contributed by atoms with E-state index in [0.717, 1.165) is 6.20 Å². The molecular formula is C14H17F3N6O4. The van der Waals surface area contributed by atoms with Gasteiger partial charge in [0.2, 0.25) is 5.95 Å². The Hall–Kier alpha value is -2.44. The molecular weight excluding hydrogens is 373 g/mol. The van der Waals surface area contributed by atoms with Crippen molar-refractivity contribution in [2.24, 2.45) is 5.11 Å². The second-order valence-corrected chi connectivity index (χ2v) is 5.49. The second kappa shape index (κ2) is 8.97. The van der Waals surface area contributed by atoms with E-state index >= 15 is 0 Å². The maximum Gasteiger partial charge on any atom is 0.433 e. The number of ether oxygens (including phenoxy) is 2. The lowest BCUT2D eigenvalue weighted by Crippen LogP contribution is -2.61. The Bertz CT molecular complexity index is 700. The molecule has 0 aliphatic carbocycles. The van der Waals surface area contributed by atoms with Crippen LogP contribution >= 0.6 is 0 Å². The number of alkyl halides is 3. The summed E-state index contributed by atoms with van der Waals surface area (Å²) in [6.07, 6.45) is -7.72. The average Bonchev–Trinajstić information content (AvgIpc) is 2.63. The normalized spacial score (nSPS) is 28.3. The van der Waals surface area contributed by atoms with Crippen LogP contribution in [0.5, 0.6) is 0 Å². The van der Waals surface area contributed by atoms with E-state index in [1.165, 1.54) is 6.08 Å². The fraction of sp³-hybridized carbons (Fsp3) is 0.571. The fourth-order valence-corrected chi connectivity index (χ4v) is 2.39. The minimum absolute atomic E-state index is 0.0106. The lowest BCUT2D eigenvalue weighted by atomic mass is 9.96. The maximum atomic E-state index is 12.8. The van der Waals surface area contributed by atoms with E-state index in [-0.39, 0.29) is 13.2 Å². The summed E-state index contributed by atoms with van der Waals surface area (Å²) in [4.78, 5) is 9.57. The van der Waals surface area contributed by atoms with E-state index in [1.807, 2.05) is 0 Å². The fourth-order valence-electron chi connectivity index (χ4n) is 2.39. The van der Waals surface area contributed by atoms with Gasteiger partial charge in [-0.1, -0.05) is 11.2 Å². The van der Waals surface area contributed by atoms with Crippen molar-refractivity contribution in [3.05, 3.63) is 41.1 Å². The van der Waals surface area contributed by atoms with E-state index in [4.69, 9.17) is 15.0 Å². The van der Waals surface area contributed by atoms with Crippen molar-refractivity contribution in [2.45, 2.75) is 36.8 Å². The minimum atomic E-state index is -4.68. The monoisotopic (exact) mass is 390 g/mol. The van der Waals surface area contributed by atoms with Gasteiger partial charge in [0, 0.05) is 11.1 Å². The molecule has 0 bridgehead atoms. The Balaban J connectivity index is 2.23. The summed E-state index contributed by atoms with van der Waals surface area (Å²) in [6, 6.07) is -0.513. The zero-order valence-electron chi connectivity index (χ0n) is 13.8. The quantitative estimate of drug-likeness (QED) is 0.275. The summed E-state index contributed by atoms with van der Waals surface area (Å²) in [5.74, 6) is -0.439. The first-order valence-electron chi connectivity index (χ1n) is 7.69. The average molecular weight is 390 g/mol. The molecule has 0 spiro atoms. The van der Waals surface area contributed by atoms with Gasteiger partial charge in [0.05, 0.1) is 19.3 Å². The molecule has 2 heterocycles. The topological polar surface area (TPSA) is 145 Å². The van der Waals surface area contributed by atoms with Crippen molar-refractivity contribution in [1.82, 2.24) is 9.97 Å². The van der Waals surface area contributed by atoms with Gasteiger partial charge in [0.15, 0.2) is 6.29 Å². The van der Waals surface area contributed by atoms with E-state index in [9.17, 15) is 23.4 Å². The summed E-state index contributed by atoms with van der Waals surface area (Å²) in [5, 5.41) is 26.3.